The number of nitrogens with two attached hydrogens (primary N) is 1. The van der Waals surface area contributed by atoms with E-state index in [4.69, 9.17) is 5.73 Å². The lowest BCUT2D eigenvalue weighted by Gasteiger charge is -2.28. The van der Waals surface area contributed by atoms with E-state index >= 15 is 0 Å². The highest BCUT2D eigenvalue weighted by molar-refractivity contribution is 5.74. The molecular weight excluding hydrogens is 262 g/mol. The topological polar surface area (TPSA) is 60.9 Å². The molecule has 112 valence electrons. The van der Waals surface area contributed by atoms with Gasteiger partial charge >= 0.3 is 0 Å². The largest absolute Gasteiger partial charge is 0.326 e. The van der Waals surface area contributed by atoms with Crippen molar-refractivity contribution < 1.29 is 0 Å². The van der Waals surface area contributed by atoms with Crippen LogP contribution in [0.2, 0.25) is 0 Å². The van der Waals surface area contributed by atoms with E-state index in [0.717, 1.165) is 11.0 Å². The van der Waals surface area contributed by atoms with Crippen molar-refractivity contribution in [2.45, 2.75) is 51.6 Å². The van der Waals surface area contributed by atoms with Gasteiger partial charge in [-0.2, -0.15) is 0 Å². The number of benzene rings is 1. The lowest BCUT2D eigenvalue weighted by Crippen LogP contribution is -2.39. The van der Waals surface area contributed by atoms with Gasteiger partial charge in [0.2, 0.25) is 0 Å². The lowest BCUT2D eigenvalue weighted by molar-refractivity contribution is 0.285. The number of hydrogen-bond acceptors (Lipinski definition) is 3. The average Bonchev–Trinajstić information content (AvgIpc) is 2.52. The Balaban J connectivity index is 1.95. The van der Waals surface area contributed by atoms with Crippen LogP contribution < -0.4 is 11.3 Å². The Morgan fingerprint density at radius 1 is 1.29 bits per heavy atom. The van der Waals surface area contributed by atoms with Crippen molar-refractivity contribution in [1.29, 1.82) is 0 Å². The second kappa shape index (κ2) is 5.98. The zero-order chi connectivity index (χ0) is 14.8. The fourth-order valence-corrected chi connectivity index (χ4v) is 3.42. The lowest BCUT2D eigenvalue weighted by atomic mass is 9.84. The summed E-state index contributed by atoms with van der Waals surface area (Å²) in [6.45, 7) is 2.37. The van der Waals surface area contributed by atoms with Gasteiger partial charge in [0.15, 0.2) is 0 Å². The van der Waals surface area contributed by atoms with Crippen molar-refractivity contribution in [1.82, 2.24) is 9.55 Å². The van der Waals surface area contributed by atoms with Gasteiger partial charge in [-0.1, -0.05) is 31.4 Å². The number of rotatable bonds is 3. The van der Waals surface area contributed by atoms with Crippen LogP contribution in [0.1, 0.15) is 37.8 Å². The van der Waals surface area contributed by atoms with Gasteiger partial charge in [0.1, 0.15) is 5.69 Å². The summed E-state index contributed by atoms with van der Waals surface area (Å²) in [4.78, 5) is 16.8. The molecule has 1 aromatic carbocycles. The molecule has 2 N–H and O–H groups in total. The summed E-state index contributed by atoms with van der Waals surface area (Å²) in [5.41, 5.74) is 8.70. The van der Waals surface area contributed by atoms with Crippen LogP contribution in [0.3, 0.4) is 0 Å². The summed E-state index contributed by atoms with van der Waals surface area (Å²) in [7, 11) is 0. The second-order valence-electron chi connectivity index (χ2n) is 6.16. The monoisotopic (exact) mass is 285 g/mol. The molecule has 0 radical (unpaired) electrons. The molecule has 1 saturated carbocycles. The third-order valence-corrected chi connectivity index (χ3v) is 4.66. The Hall–Kier alpha value is -1.68. The van der Waals surface area contributed by atoms with Crippen LogP contribution in [-0.2, 0) is 6.54 Å². The minimum atomic E-state index is -0.0139. The van der Waals surface area contributed by atoms with Crippen LogP contribution in [0.15, 0.2) is 29.1 Å². The second-order valence-corrected chi connectivity index (χ2v) is 6.16. The molecule has 1 aliphatic carbocycles. The third kappa shape index (κ3) is 2.86. The van der Waals surface area contributed by atoms with Crippen LogP contribution in [-0.4, -0.2) is 15.6 Å². The van der Waals surface area contributed by atoms with Crippen molar-refractivity contribution in [2.24, 2.45) is 11.7 Å². The molecule has 3 rings (SSSR count). The van der Waals surface area contributed by atoms with E-state index in [1.54, 1.807) is 6.92 Å². The van der Waals surface area contributed by atoms with Crippen LogP contribution in [0.25, 0.3) is 11.0 Å². The van der Waals surface area contributed by atoms with Crippen LogP contribution >= 0.6 is 0 Å². The Labute approximate surface area is 125 Å². The number of para-hydroxylation sites is 2. The van der Waals surface area contributed by atoms with E-state index in [0.29, 0.717) is 18.2 Å². The van der Waals surface area contributed by atoms with Crippen molar-refractivity contribution in [3.05, 3.63) is 40.3 Å². The van der Waals surface area contributed by atoms with Gasteiger partial charge in [0, 0.05) is 12.6 Å². The van der Waals surface area contributed by atoms with E-state index in [9.17, 15) is 4.79 Å². The molecule has 1 aliphatic rings. The molecule has 0 saturated heterocycles. The number of aromatic nitrogens is 2. The quantitative estimate of drug-likeness (QED) is 0.943. The summed E-state index contributed by atoms with van der Waals surface area (Å²) in [6, 6.07) is 7.85. The molecule has 0 bridgehead atoms. The molecule has 4 heteroatoms. The Morgan fingerprint density at radius 2 is 2.00 bits per heavy atom. The van der Waals surface area contributed by atoms with Crippen molar-refractivity contribution in [2.75, 3.05) is 0 Å². The highest BCUT2D eigenvalue weighted by atomic mass is 16.1. The van der Waals surface area contributed by atoms with E-state index in [2.05, 4.69) is 4.98 Å². The molecule has 0 aliphatic heterocycles. The molecule has 21 heavy (non-hydrogen) atoms. The number of fused-ring (bicyclic) bond motifs is 1. The Bertz CT molecular complexity index is 686. The summed E-state index contributed by atoms with van der Waals surface area (Å²) >= 11 is 0. The SMILES string of the molecule is Cc1nc2ccccc2n(CC(N)C2CCCCC2)c1=O. The van der Waals surface area contributed by atoms with Crippen molar-refractivity contribution >= 4 is 11.0 Å². The van der Waals surface area contributed by atoms with Gasteiger partial charge in [-0.25, -0.2) is 4.98 Å². The standard InChI is InChI=1S/C17H23N3O/c1-12-17(21)20(16-10-6-5-9-15(16)19-12)11-14(18)13-7-3-2-4-8-13/h5-6,9-10,13-14H,2-4,7-8,11,18H2,1H3. The molecule has 0 spiro atoms. The fraction of sp³-hybridized carbons (Fsp3) is 0.529. The third-order valence-electron chi connectivity index (χ3n) is 4.66. The van der Waals surface area contributed by atoms with E-state index < -0.39 is 0 Å². The number of aryl methyl sites for hydroxylation is 1. The molecule has 0 amide bonds. The smallest absolute Gasteiger partial charge is 0.272 e. The Morgan fingerprint density at radius 3 is 2.76 bits per heavy atom. The maximum atomic E-state index is 12.4. The summed E-state index contributed by atoms with van der Waals surface area (Å²) < 4.78 is 1.82. The van der Waals surface area contributed by atoms with Gasteiger partial charge in [-0.05, 0) is 37.8 Å². The maximum Gasteiger partial charge on any atom is 0.272 e. The number of hydrogen-bond donors (Lipinski definition) is 1. The molecule has 1 unspecified atom stereocenters. The van der Waals surface area contributed by atoms with Gasteiger partial charge < -0.3 is 10.3 Å². The first kappa shape index (κ1) is 14.3. The zero-order valence-corrected chi connectivity index (χ0v) is 12.6. The average molecular weight is 285 g/mol. The minimum absolute atomic E-state index is 0.0139. The van der Waals surface area contributed by atoms with Gasteiger partial charge in [-0.3, -0.25) is 4.79 Å². The van der Waals surface area contributed by atoms with Crippen molar-refractivity contribution in [3.8, 4) is 0 Å². The van der Waals surface area contributed by atoms with Crippen LogP contribution in [0.4, 0.5) is 0 Å². The zero-order valence-electron chi connectivity index (χ0n) is 12.6. The summed E-state index contributed by atoms with van der Waals surface area (Å²) in [5, 5.41) is 0. The molecule has 4 nitrogen and oxygen atoms in total. The molecule has 1 aromatic heterocycles. The highest BCUT2D eigenvalue weighted by Gasteiger charge is 2.22. The molecule has 1 atom stereocenters. The van der Waals surface area contributed by atoms with Gasteiger partial charge in [-0.15, -0.1) is 0 Å². The first-order chi connectivity index (χ1) is 10.2. The summed E-state index contributed by atoms with van der Waals surface area (Å²) in [6.07, 6.45) is 6.24. The normalized spacial score (nSPS) is 18.0. The first-order valence-corrected chi connectivity index (χ1v) is 7.88. The van der Waals surface area contributed by atoms with E-state index in [1.165, 1.54) is 32.1 Å². The predicted octanol–water partition coefficient (Wildman–Crippen LogP) is 2.61. The van der Waals surface area contributed by atoms with E-state index in [1.807, 2.05) is 28.8 Å². The van der Waals surface area contributed by atoms with E-state index in [-0.39, 0.29) is 11.6 Å². The minimum Gasteiger partial charge on any atom is -0.326 e. The fourth-order valence-electron chi connectivity index (χ4n) is 3.42. The van der Waals surface area contributed by atoms with Crippen LogP contribution in [0, 0.1) is 12.8 Å². The van der Waals surface area contributed by atoms with Crippen molar-refractivity contribution in [3.63, 3.8) is 0 Å². The highest BCUT2D eigenvalue weighted by Crippen LogP contribution is 2.26. The van der Waals surface area contributed by atoms with Crippen LogP contribution in [0.5, 0.6) is 0 Å². The maximum absolute atomic E-state index is 12.4. The molecule has 2 aromatic rings. The Kier molecular flexibility index (Phi) is 4.06. The van der Waals surface area contributed by atoms with Gasteiger partial charge in [0.05, 0.1) is 11.0 Å². The number of nitrogens with zero attached hydrogens (tertiary/aromatic N) is 2. The molecular formula is C17H23N3O. The predicted molar refractivity (Wildman–Crippen MR) is 85.3 cm³/mol. The van der Waals surface area contributed by atoms with Gasteiger partial charge in [0.25, 0.3) is 5.56 Å². The summed E-state index contributed by atoms with van der Waals surface area (Å²) in [5.74, 6) is 0.540. The molecule has 1 fully saturated rings. The molecule has 1 heterocycles. The first-order valence-electron chi connectivity index (χ1n) is 7.88.